The minimum Gasteiger partial charge on any atom is -0.462 e. The molecule has 26 heavy (non-hydrogen) atoms. The average molecular weight is 376 g/mol. The largest absolute Gasteiger partial charge is 0.462 e. The van der Waals surface area contributed by atoms with Crippen LogP contribution in [0.5, 0.6) is 0 Å². The molecule has 0 aromatic heterocycles. The fraction of sp³-hybridized carbons (Fsp3) is 0.211. The molecule has 0 atom stereocenters. The maximum Gasteiger partial charge on any atom is 0.340 e. The summed E-state index contributed by atoms with van der Waals surface area (Å²) < 4.78 is 9.90. The second kappa shape index (κ2) is 9.58. The van der Waals surface area contributed by atoms with Crippen LogP contribution in [0.2, 0.25) is 5.02 Å². The molecule has 2 aromatic rings. The first kappa shape index (κ1) is 19.5. The lowest BCUT2D eigenvalue weighted by Gasteiger charge is -2.10. The predicted molar refractivity (Wildman–Crippen MR) is 97.1 cm³/mol. The van der Waals surface area contributed by atoms with Crippen LogP contribution in [-0.4, -0.2) is 31.1 Å². The van der Waals surface area contributed by atoms with Gasteiger partial charge in [-0.3, -0.25) is 9.59 Å². The quantitative estimate of drug-likeness (QED) is 0.751. The number of rotatable bonds is 7. The topological polar surface area (TPSA) is 81.7 Å². The molecule has 0 radical (unpaired) electrons. The van der Waals surface area contributed by atoms with Gasteiger partial charge < -0.3 is 14.8 Å². The molecule has 0 fully saturated rings. The molecule has 1 N–H and O–H groups in total. The van der Waals surface area contributed by atoms with Crippen LogP contribution in [0.3, 0.4) is 0 Å². The van der Waals surface area contributed by atoms with Gasteiger partial charge in [0.2, 0.25) is 0 Å². The van der Waals surface area contributed by atoms with Crippen LogP contribution in [0.25, 0.3) is 0 Å². The third kappa shape index (κ3) is 5.89. The highest BCUT2D eigenvalue weighted by molar-refractivity contribution is 6.30. The van der Waals surface area contributed by atoms with E-state index in [1.807, 2.05) is 0 Å². The molecule has 0 spiro atoms. The molecular formula is C19H18ClNO5. The van der Waals surface area contributed by atoms with E-state index in [1.165, 1.54) is 0 Å². The van der Waals surface area contributed by atoms with Gasteiger partial charge in [0.05, 0.1) is 24.3 Å². The lowest BCUT2D eigenvalue weighted by atomic mass is 10.1. The Morgan fingerprint density at radius 1 is 1.00 bits per heavy atom. The molecule has 0 saturated carbocycles. The van der Waals surface area contributed by atoms with Crippen molar-refractivity contribution in [2.24, 2.45) is 0 Å². The van der Waals surface area contributed by atoms with Gasteiger partial charge in [0.15, 0.2) is 6.61 Å². The Kier molecular flexibility index (Phi) is 7.17. The second-order valence-electron chi connectivity index (χ2n) is 5.28. The molecular weight excluding hydrogens is 358 g/mol. The molecule has 2 aromatic carbocycles. The number of amides is 1. The van der Waals surface area contributed by atoms with Gasteiger partial charge in [-0.2, -0.15) is 0 Å². The maximum atomic E-state index is 12.0. The van der Waals surface area contributed by atoms with Crippen molar-refractivity contribution in [3.63, 3.8) is 0 Å². The van der Waals surface area contributed by atoms with E-state index in [0.717, 1.165) is 5.56 Å². The Hall–Kier alpha value is -2.86. The summed E-state index contributed by atoms with van der Waals surface area (Å²) >= 11 is 5.78. The fourth-order valence-electron chi connectivity index (χ4n) is 2.13. The highest BCUT2D eigenvalue weighted by Gasteiger charge is 2.15. The number of ether oxygens (including phenoxy) is 2. The average Bonchev–Trinajstić information content (AvgIpc) is 2.62. The minimum absolute atomic E-state index is 0.0316. The summed E-state index contributed by atoms with van der Waals surface area (Å²) in [6, 6.07) is 13.2. The van der Waals surface area contributed by atoms with Crippen molar-refractivity contribution in [3.8, 4) is 0 Å². The van der Waals surface area contributed by atoms with Crippen LogP contribution >= 0.6 is 11.6 Å². The third-order valence-electron chi connectivity index (χ3n) is 3.32. The van der Waals surface area contributed by atoms with E-state index in [4.69, 9.17) is 21.1 Å². The number of para-hydroxylation sites is 1. The normalized spacial score (nSPS) is 10.1. The van der Waals surface area contributed by atoms with Gasteiger partial charge in [-0.25, -0.2) is 4.79 Å². The minimum atomic E-state index is -0.550. The first-order chi connectivity index (χ1) is 12.5. The van der Waals surface area contributed by atoms with E-state index in [2.05, 4.69) is 5.32 Å². The van der Waals surface area contributed by atoms with Crippen molar-refractivity contribution in [2.75, 3.05) is 18.5 Å². The van der Waals surface area contributed by atoms with Crippen LogP contribution < -0.4 is 5.32 Å². The highest BCUT2D eigenvalue weighted by atomic mass is 35.5. The zero-order valence-corrected chi connectivity index (χ0v) is 14.9. The number of benzene rings is 2. The number of carbonyl (C=O) groups is 3. The smallest absolute Gasteiger partial charge is 0.340 e. The number of halogens is 1. The second-order valence-corrected chi connectivity index (χ2v) is 5.71. The summed E-state index contributed by atoms with van der Waals surface area (Å²) in [7, 11) is 0. The van der Waals surface area contributed by atoms with Crippen LogP contribution in [-0.2, 0) is 25.5 Å². The van der Waals surface area contributed by atoms with E-state index in [9.17, 15) is 14.4 Å². The number of carbonyl (C=O) groups excluding carboxylic acids is 3. The zero-order valence-electron chi connectivity index (χ0n) is 14.2. The number of hydrogen-bond donors (Lipinski definition) is 1. The Bertz CT molecular complexity index is 789. The van der Waals surface area contributed by atoms with Gasteiger partial charge in [0.25, 0.3) is 5.91 Å². The van der Waals surface area contributed by atoms with Crippen LogP contribution in [0.15, 0.2) is 48.5 Å². The van der Waals surface area contributed by atoms with Gasteiger partial charge in [-0.15, -0.1) is 0 Å². The highest BCUT2D eigenvalue weighted by Crippen LogP contribution is 2.16. The van der Waals surface area contributed by atoms with Gasteiger partial charge in [-0.1, -0.05) is 35.9 Å². The Morgan fingerprint density at radius 2 is 1.69 bits per heavy atom. The molecule has 136 valence electrons. The van der Waals surface area contributed by atoms with Crippen molar-refractivity contribution in [3.05, 3.63) is 64.7 Å². The molecule has 6 nitrogen and oxygen atoms in total. The van der Waals surface area contributed by atoms with Crippen LogP contribution in [0, 0.1) is 0 Å². The van der Waals surface area contributed by atoms with E-state index in [-0.39, 0.29) is 18.6 Å². The van der Waals surface area contributed by atoms with Crippen molar-refractivity contribution in [1.29, 1.82) is 0 Å². The number of nitrogens with one attached hydrogen (secondary N) is 1. The molecule has 0 aliphatic carbocycles. The first-order valence-corrected chi connectivity index (χ1v) is 8.33. The van der Waals surface area contributed by atoms with Gasteiger partial charge >= 0.3 is 11.9 Å². The Balaban J connectivity index is 1.88. The predicted octanol–water partition coefficient (Wildman–Crippen LogP) is 3.24. The van der Waals surface area contributed by atoms with E-state index in [1.54, 1.807) is 55.5 Å². The standard InChI is InChI=1S/C19H18ClNO5/c1-2-25-19(24)15-5-3-4-6-16(15)21-17(22)12-26-18(23)11-13-7-9-14(20)10-8-13/h3-10H,2,11-12H2,1H3,(H,21,22). The van der Waals surface area contributed by atoms with Crippen molar-refractivity contribution in [2.45, 2.75) is 13.3 Å². The van der Waals surface area contributed by atoms with Crippen LogP contribution in [0.4, 0.5) is 5.69 Å². The van der Waals surface area contributed by atoms with Crippen molar-refractivity contribution < 1.29 is 23.9 Å². The molecule has 0 heterocycles. The van der Waals surface area contributed by atoms with Crippen molar-refractivity contribution in [1.82, 2.24) is 0 Å². The molecule has 0 bridgehead atoms. The lowest BCUT2D eigenvalue weighted by molar-refractivity contribution is -0.146. The summed E-state index contributed by atoms with van der Waals surface area (Å²) in [5, 5.41) is 3.11. The Morgan fingerprint density at radius 3 is 2.38 bits per heavy atom. The van der Waals surface area contributed by atoms with Gasteiger partial charge in [0, 0.05) is 5.02 Å². The molecule has 0 unspecified atom stereocenters. The van der Waals surface area contributed by atoms with Gasteiger partial charge in [0.1, 0.15) is 0 Å². The lowest BCUT2D eigenvalue weighted by Crippen LogP contribution is -2.23. The van der Waals surface area contributed by atoms with E-state index >= 15 is 0 Å². The van der Waals surface area contributed by atoms with E-state index < -0.39 is 24.5 Å². The van der Waals surface area contributed by atoms with Gasteiger partial charge in [-0.05, 0) is 36.8 Å². The molecule has 0 aliphatic heterocycles. The maximum absolute atomic E-state index is 12.0. The number of anilines is 1. The van der Waals surface area contributed by atoms with E-state index in [0.29, 0.717) is 10.7 Å². The third-order valence-corrected chi connectivity index (χ3v) is 3.57. The summed E-state index contributed by atoms with van der Waals surface area (Å²) in [5.41, 5.74) is 1.26. The van der Waals surface area contributed by atoms with Crippen molar-refractivity contribution >= 4 is 35.1 Å². The summed E-state index contributed by atoms with van der Waals surface area (Å²) in [5.74, 6) is -1.63. The zero-order chi connectivity index (χ0) is 18.9. The summed E-state index contributed by atoms with van der Waals surface area (Å²) in [6.45, 7) is 1.46. The SMILES string of the molecule is CCOC(=O)c1ccccc1NC(=O)COC(=O)Cc1ccc(Cl)cc1. The molecule has 1 amide bonds. The Labute approximate surface area is 156 Å². The number of hydrogen-bond acceptors (Lipinski definition) is 5. The number of esters is 2. The molecule has 2 rings (SSSR count). The first-order valence-electron chi connectivity index (χ1n) is 7.95. The molecule has 0 saturated heterocycles. The monoisotopic (exact) mass is 375 g/mol. The fourth-order valence-corrected chi connectivity index (χ4v) is 2.26. The summed E-state index contributed by atoms with van der Waals surface area (Å²) in [4.78, 5) is 35.7. The molecule has 0 aliphatic rings. The summed E-state index contributed by atoms with van der Waals surface area (Å²) in [6.07, 6.45) is 0.0316. The molecule has 7 heteroatoms. The van der Waals surface area contributed by atoms with Crippen LogP contribution in [0.1, 0.15) is 22.8 Å².